The van der Waals surface area contributed by atoms with E-state index in [4.69, 9.17) is 23.4 Å². The summed E-state index contributed by atoms with van der Waals surface area (Å²) in [6, 6.07) is 8.41. The van der Waals surface area contributed by atoms with Gasteiger partial charge in [-0.3, -0.25) is 4.79 Å². The summed E-state index contributed by atoms with van der Waals surface area (Å²) in [4.78, 5) is 25.1. The van der Waals surface area contributed by atoms with Gasteiger partial charge in [0.2, 0.25) is 12.0 Å². The van der Waals surface area contributed by atoms with Gasteiger partial charge in [-0.25, -0.2) is 4.79 Å². The molecule has 2 aliphatic heterocycles. The molecular formula is C27H30N2O13. The maximum atomic E-state index is 13.0. The molecule has 42 heavy (non-hydrogen) atoms. The standard InChI is InChI=1S/C27H30N2O13/c1-38-14-4-2-12(3-5-14)16-6-15(31)19-17(40-16)7-18(22(20(19)32)39-11-30)41-26-21(33)23(34)27(37,24(42-26)25(35)36)8-13-9-28-10-29-13/h2-7,13,21,23-24,26,28-30,32-34,37H,8-11H2,1H3,(H,35,36)/t13-,21+,23-,24+,26+,27-/m0/s1. The van der Waals surface area contributed by atoms with Crippen molar-refractivity contribution < 1.29 is 58.8 Å². The molecule has 0 saturated carbocycles. The number of carbonyl (C=O) groups is 1. The third-order valence-electron chi connectivity index (χ3n) is 7.28. The molecule has 0 radical (unpaired) electrons. The van der Waals surface area contributed by atoms with E-state index in [-0.39, 0.29) is 23.2 Å². The van der Waals surface area contributed by atoms with E-state index in [1.807, 2.05) is 0 Å². The van der Waals surface area contributed by atoms with Crippen molar-refractivity contribution in [3.05, 3.63) is 46.6 Å². The predicted octanol–water partition coefficient (Wildman–Crippen LogP) is -0.947. The summed E-state index contributed by atoms with van der Waals surface area (Å²) in [6.45, 7) is -0.195. The average Bonchev–Trinajstić information content (AvgIpc) is 3.47. The lowest BCUT2D eigenvalue weighted by Gasteiger charge is -2.47. The summed E-state index contributed by atoms with van der Waals surface area (Å²) in [6.07, 6.45) is -8.27. The van der Waals surface area contributed by atoms with Gasteiger partial charge in [-0.2, -0.15) is 0 Å². The smallest absolute Gasteiger partial charge is 0.336 e. The SMILES string of the molecule is COc1ccc(-c2cc(=O)c3c(O)c(OCO)c(O[C@@H]4O[C@H](C(=O)O)[C@](O)(C[C@H]5CNCN5)[C@@H](O)[C@H]4O)cc3o2)cc1. The molecule has 0 unspecified atom stereocenters. The number of phenols is 1. The van der Waals surface area contributed by atoms with Gasteiger partial charge in [-0.05, 0) is 30.7 Å². The molecule has 1 aromatic heterocycles. The van der Waals surface area contributed by atoms with Gasteiger partial charge < -0.3 is 64.6 Å². The lowest BCUT2D eigenvalue weighted by atomic mass is 9.79. The Morgan fingerprint density at radius 3 is 2.55 bits per heavy atom. The summed E-state index contributed by atoms with van der Waals surface area (Å²) in [5.74, 6) is -2.70. The Balaban J connectivity index is 1.52. The number of carboxylic acids is 1. The Labute approximate surface area is 237 Å². The molecule has 2 aliphatic rings. The molecule has 15 nitrogen and oxygen atoms in total. The molecule has 0 spiro atoms. The maximum Gasteiger partial charge on any atom is 0.336 e. The van der Waals surface area contributed by atoms with Crippen molar-refractivity contribution in [2.24, 2.45) is 0 Å². The minimum atomic E-state index is -2.41. The lowest BCUT2D eigenvalue weighted by molar-refractivity contribution is -0.307. The van der Waals surface area contributed by atoms with Gasteiger partial charge in [-0.1, -0.05) is 0 Å². The first-order chi connectivity index (χ1) is 20.1. The minimum absolute atomic E-state index is 0.117. The highest BCUT2D eigenvalue weighted by atomic mass is 16.7. The molecule has 0 aliphatic carbocycles. The highest BCUT2D eigenvalue weighted by molar-refractivity contribution is 5.89. The second kappa shape index (κ2) is 11.7. The number of aliphatic carboxylic acids is 1. The van der Waals surface area contributed by atoms with Crippen LogP contribution in [0.2, 0.25) is 0 Å². The molecule has 3 aromatic rings. The molecule has 8 N–H and O–H groups in total. The van der Waals surface area contributed by atoms with Crippen LogP contribution in [0.5, 0.6) is 23.0 Å². The van der Waals surface area contributed by atoms with Gasteiger partial charge in [0.1, 0.15) is 40.3 Å². The summed E-state index contributed by atoms with van der Waals surface area (Å²) in [5, 5.41) is 68.8. The van der Waals surface area contributed by atoms with Gasteiger partial charge in [-0.15, -0.1) is 0 Å². The van der Waals surface area contributed by atoms with E-state index in [9.17, 15) is 40.2 Å². The zero-order valence-corrected chi connectivity index (χ0v) is 22.2. The molecule has 2 saturated heterocycles. The van der Waals surface area contributed by atoms with Crippen LogP contribution < -0.4 is 30.3 Å². The molecule has 2 fully saturated rings. The molecule has 6 atom stereocenters. The Bertz CT molecular complexity index is 1500. The number of aromatic hydroxyl groups is 1. The van der Waals surface area contributed by atoms with Crippen LogP contribution in [-0.2, 0) is 9.53 Å². The number of ether oxygens (including phenoxy) is 4. The number of phenolic OH excluding ortho intramolecular Hbond substituents is 1. The number of hydrogen-bond acceptors (Lipinski definition) is 14. The highest BCUT2D eigenvalue weighted by Gasteiger charge is 2.59. The van der Waals surface area contributed by atoms with Crippen molar-refractivity contribution in [2.75, 3.05) is 27.1 Å². The van der Waals surface area contributed by atoms with E-state index in [0.29, 0.717) is 24.5 Å². The van der Waals surface area contributed by atoms with Crippen LogP contribution in [0.4, 0.5) is 0 Å². The zero-order valence-electron chi connectivity index (χ0n) is 22.2. The summed E-state index contributed by atoms with van der Waals surface area (Å²) in [7, 11) is 1.50. The second-order valence-electron chi connectivity index (χ2n) is 9.91. The molecule has 0 amide bonds. The average molecular weight is 591 g/mol. The first-order valence-electron chi connectivity index (χ1n) is 12.9. The fourth-order valence-corrected chi connectivity index (χ4v) is 5.18. The van der Waals surface area contributed by atoms with E-state index >= 15 is 0 Å². The Morgan fingerprint density at radius 2 is 1.93 bits per heavy atom. The van der Waals surface area contributed by atoms with Crippen LogP contribution in [0.1, 0.15) is 6.42 Å². The maximum absolute atomic E-state index is 13.0. The Kier molecular flexibility index (Phi) is 8.25. The van der Waals surface area contributed by atoms with Crippen LogP contribution in [0.3, 0.4) is 0 Å². The first kappa shape index (κ1) is 29.5. The van der Waals surface area contributed by atoms with Crippen molar-refractivity contribution in [3.63, 3.8) is 0 Å². The number of hydrogen-bond donors (Lipinski definition) is 8. The van der Waals surface area contributed by atoms with Gasteiger partial charge in [0.25, 0.3) is 0 Å². The molecule has 2 aromatic carbocycles. The van der Waals surface area contributed by atoms with Crippen molar-refractivity contribution in [1.29, 1.82) is 0 Å². The highest BCUT2D eigenvalue weighted by Crippen LogP contribution is 2.44. The van der Waals surface area contributed by atoms with Crippen molar-refractivity contribution in [3.8, 4) is 34.3 Å². The van der Waals surface area contributed by atoms with Crippen LogP contribution in [0.25, 0.3) is 22.3 Å². The van der Waals surface area contributed by atoms with Gasteiger partial charge >= 0.3 is 5.97 Å². The number of aliphatic hydroxyl groups excluding tert-OH is 3. The number of fused-ring (bicyclic) bond motifs is 1. The van der Waals surface area contributed by atoms with Gasteiger partial charge in [0.15, 0.2) is 29.8 Å². The summed E-state index contributed by atoms with van der Waals surface area (Å²) in [5.41, 5.74) is -2.77. The third kappa shape index (κ3) is 5.34. The molecule has 226 valence electrons. The first-order valence-corrected chi connectivity index (χ1v) is 12.9. The van der Waals surface area contributed by atoms with E-state index in [1.165, 1.54) is 7.11 Å². The van der Waals surface area contributed by atoms with E-state index in [1.54, 1.807) is 24.3 Å². The van der Waals surface area contributed by atoms with Crippen molar-refractivity contribution in [2.45, 2.75) is 42.7 Å². The fourth-order valence-electron chi connectivity index (χ4n) is 5.18. The predicted molar refractivity (Wildman–Crippen MR) is 142 cm³/mol. The molecule has 5 rings (SSSR count). The lowest BCUT2D eigenvalue weighted by Crippen LogP contribution is -2.70. The van der Waals surface area contributed by atoms with Crippen LogP contribution in [0.15, 0.2) is 45.6 Å². The van der Waals surface area contributed by atoms with E-state index in [0.717, 1.165) is 12.1 Å². The van der Waals surface area contributed by atoms with E-state index in [2.05, 4.69) is 10.6 Å². The fraction of sp³-hybridized carbons (Fsp3) is 0.407. The Hall–Kier alpha value is -3.96. The molecular weight excluding hydrogens is 560 g/mol. The summed E-state index contributed by atoms with van der Waals surface area (Å²) < 4.78 is 27.2. The number of benzene rings is 2. The number of nitrogens with one attached hydrogen (secondary N) is 2. The molecule has 3 heterocycles. The number of rotatable bonds is 9. The van der Waals surface area contributed by atoms with Gasteiger partial charge in [0, 0.05) is 37.0 Å². The van der Waals surface area contributed by atoms with Crippen molar-refractivity contribution >= 4 is 16.9 Å². The molecule has 0 bridgehead atoms. The van der Waals surface area contributed by atoms with E-state index < -0.39 is 71.7 Å². The quantitative estimate of drug-likeness (QED) is 0.141. The van der Waals surface area contributed by atoms with Crippen LogP contribution >= 0.6 is 0 Å². The topological polar surface area (TPSA) is 230 Å². The largest absolute Gasteiger partial charge is 0.504 e. The third-order valence-corrected chi connectivity index (χ3v) is 7.28. The van der Waals surface area contributed by atoms with Crippen LogP contribution in [-0.4, -0.2) is 100.0 Å². The summed E-state index contributed by atoms with van der Waals surface area (Å²) >= 11 is 0. The normalized spacial score (nSPS) is 27.6. The van der Waals surface area contributed by atoms with Gasteiger partial charge in [0.05, 0.1) is 7.11 Å². The second-order valence-corrected chi connectivity index (χ2v) is 9.91. The van der Waals surface area contributed by atoms with Crippen molar-refractivity contribution in [1.82, 2.24) is 10.6 Å². The minimum Gasteiger partial charge on any atom is -0.504 e. The monoisotopic (exact) mass is 590 g/mol. The number of aliphatic hydroxyl groups is 4. The number of methoxy groups -OCH3 is 1. The van der Waals surface area contributed by atoms with Crippen LogP contribution in [0, 0.1) is 0 Å². The molecule has 15 heteroatoms. The number of carboxylic acid groups (broad SMARTS) is 1. The Morgan fingerprint density at radius 1 is 1.19 bits per heavy atom. The zero-order chi connectivity index (χ0) is 30.2.